The number of aromatic nitrogens is 3. The third kappa shape index (κ3) is 3.50. The van der Waals surface area contributed by atoms with Crippen LogP contribution in [0.2, 0.25) is 0 Å². The van der Waals surface area contributed by atoms with Crippen molar-refractivity contribution in [3.63, 3.8) is 0 Å². The van der Waals surface area contributed by atoms with Gasteiger partial charge in [-0.05, 0) is 43.2 Å². The Hall–Kier alpha value is -3.46. The second-order valence-electron chi connectivity index (χ2n) is 7.92. The molecule has 1 saturated carbocycles. The first-order valence-electron chi connectivity index (χ1n) is 10.3. The minimum absolute atomic E-state index is 0.0417. The van der Waals surface area contributed by atoms with E-state index in [1.807, 2.05) is 18.2 Å². The van der Waals surface area contributed by atoms with E-state index in [-0.39, 0.29) is 11.5 Å². The topological polar surface area (TPSA) is 115 Å². The molecule has 0 bridgehead atoms. The summed E-state index contributed by atoms with van der Waals surface area (Å²) < 4.78 is 11.2. The maximum absolute atomic E-state index is 12.2. The number of hydrogen-bond donors (Lipinski definition) is 2. The van der Waals surface area contributed by atoms with E-state index in [4.69, 9.17) is 25.2 Å². The van der Waals surface area contributed by atoms with Crippen LogP contribution in [0.3, 0.4) is 0 Å². The molecular weight excluding hydrogens is 396 g/mol. The van der Waals surface area contributed by atoms with E-state index in [1.165, 1.54) is 7.11 Å². The van der Waals surface area contributed by atoms with Gasteiger partial charge < -0.3 is 25.4 Å². The molecule has 160 valence electrons. The fourth-order valence-electron chi connectivity index (χ4n) is 3.96. The standard InChI is InChI=1S/C22H24N6O3/c1-24-20(29)15-11-13(3-6-17(15)30-2)16-5-4-14-18(23)26-21(27-19(14)25-16)28-9-10-31-22(12-28)7-8-22/h3-6,11H,7-10,12H2,1-2H3,(H,24,29)(H2,23,25,26,27). The number of anilines is 2. The van der Waals surface area contributed by atoms with Gasteiger partial charge in [0.15, 0.2) is 5.65 Å². The normalized spacial score (nSPS) is 17.0. The maximum atomic E-state index is 12.2. The Bertz CT molecular complexity index is 1180. The lowest BCUT2D eigenvalue weighted by atomic mass is 10.1. The molecule has 3 aromatic rings. The number of nitrogens with two attached hydrogens (primary N) is 1. The highest BCUT2D eigenvalue weighted by Crippen LogP contribution is 2.42. The van der Waals surface area contributed by atoms with Crippen LogP contribution in [0, 0.1) is 0 Å². The minimum atomic E-state index is -0.227. The number of nitrogens with one attached hydrogen (secondary N) is 1. The van der Waals surface area contributed by atoms with Crippen molar-refractivity contribution < 1.29 is 14.3 Å². The van der Waals surface area contributed by atoms with Crippen LogP contribution in [-0.4, -0.2) is 60.3 Å². The van der Waals surface area contributed by atoms with Gasteiger partial charge in [-0.2, -0.15) is 9.97 Å². The number of benzene rings is 1. The smallest absolute Gasteiger partial charge is 0.254 e. The zero-order valence-corrected chi connectivity index (χ0v) is 17.5. The van der Waals surface area contributed by atoms with Gasteiger partial charge in [-0.15, -0.1) is 0 Å². The number of methoxy groups -OCH3 is 1. The van der Waals surface area contributed by atoms with Crippen LogP contribution >= 0.6 is 0 Å². The number of rotatable bonds is 4. The number of carbonyl (C=O) groups is 1. The third-order valence-electron chi connectivity index (χ3n) is 5.88. The molecule has 2 fully saturated rings. The fraction of sp³-hybridized carbons (Fsp3) is 0.364. The molecule has 3 N–H and O–H groups in total. The molecule has 0 radical (unpaired) electrons. The molecule has 0 atom stereocenters. The SMILES string of the molecule is CNC(=O)c1cc(-c2ccc3c(N)nc(N4CCOC5(CC5)C4)nc3n2)ccc1OC. The van der Waals surface area contributed by atoms with E-state index in [0.29, 0.717) is 46.4 Å². The van der Waals surface area contributed by atoms with Gasteiger partial charge in [0.2, 0.25) is 5.95 Å². The highest BCUT2D eigenvalue weighted by Gasteiger charge is 2.48. The number of pyridine rings is 1. The Morgan fingerprint density at radius 2 is 2.06 bits per heavy atom. The van der Waals surface area contributed by atoms with E-state index < -0.39 is 0 Å². The summed E-state index contributed by atoms with van der Waals surface area (Å²) in [6, 6.07) is 9.10. The average Bonchev–Trinajstić information content (AvgIpc) is 3.55. The molecule has 1 saturated heterocycles. The van der Waals surface area contributed by atoms with Crippen LogP contribution in [0.4, 0.5) is 11.8 Å². The molecule has 31 heavy (non-hydrogen) atoms. The van der Waals surface area contributed by atoms with E-state index in [2.05, 4.69) is 15.2 Å². The van der Waals surface area contributed by atoms with Crippen LogP contribution in [-0.2, 0) is 4.74 Å². The number of carbonyl (C=O) groups excluding carboxylic acids is 1. The predicted octanol–water partition coefficient (Wildman–Crippen LogP) is 2.01. The van der Waals surface area contributed by atoms with Gasteiger partial charge >= 0.3 is 0 Å². The number of morpholine rings is 1. The molecule has 2 aromatic heterocycles. The first-order chi connectivity index (χ1) is 15.0. The van der Waals surface area contributed by atoms with E-state index >= 15 is 0 Å². The molecule has 1 aliphatic carbocycles. The Kier molecular flexibility index (Phi) is 4.62. The summed E-state index contributed by atoms with van der Waals surface area (Å²) in [5, 5.41) is 3.33. The van der Waals surface area contributed by atoms with E-state index in [9.17, 15) is 4.79 Å². The van der Waals surface area contributed by atoms with Crippen molar-refractivity contribution >= 4 is 28.7 Å². The molecule has 9 nitrogen and oxygen atoms in total. The van der Waals surface area contributed by atoms with Gasteiger partial charge in [0.25, 0.3) is 5.91 Å². The summed E-state index contributed by atoms with van der Waals surface area (Å²) >= 11 is 0. The highest BCUT2D eigenvalue weighted by molar-refractivity contribution is 5.98. The van der Waals surface area contributed by atoms with Gasteiger partial charge in [-0.3, -0.25) is 4.79 Å². The van der Waals surface area contributed by atoms with Crippen molar-refractivity contribution in [3.05, 3.63) is 35.9 Å². The lowest BCUT2D eigenvalue weighted by Crippen LogP contribution is -2.44. The van der Waals surface area contributed by atoms with Crippen molar-refractivity contribution in [3.8, 4) is 17.0 Å². The first kappa shape index (κ1) is 19.5. The summed E-state index contributed by atoms with van der Waals surface area (Å²) in [4.78, 5) is 28.3. The van der Waals surface area contributed by atoms with Crippen LogP contribution in [0.1, 0.15) is 23.2 Å². The van der Waals surface area contributed by atoms with Crippen molar-refractivity contribution in [1.29, 1.82) is 0 Å². The van der Waals surface area contributed by atoms with Crippen molar-refractivity contribution in [1.82, 2.24) is 20.3 Å². The molecule has 1 amide bonds. The number of amides is 1. The number of nitrogen functional groups attached to an aromatic ring is 1. The lowest BCUT2D eigenvalue weighted by molar-refractivity contribution is 0.0201. The summed E-state index contributed by atoms with van der Waals surface area (Å²) in [6.45, 7) is 2.15. The highest BCUT2D eigenvalue weighted by atomic mass is 16.5. The third-order valence-corrected chi connectivity index (χ3v) is 5.88. The maximum Gasteiger partial charge on any atom is 0.254 e. The van der Waals surface area contributed by atoms with Gasteiger partial charge in [-0.1, -0.05) is 0 Å². The van der Waals surface area contributed by atoms with E-state index in [0.717, 1.165) is 31.5 Å². The average molecular weight is 420 g/mol. The Balaban J connectivity index is 1.54. The van der Waals surface area contributed by atoms with Gasteiger partial charge in [0.05, 0.1) is 36.0 Å². The van der Waals surface area contributed by atoms with Crippen molar-refractivity contribution in [2.75, 3.05) is 44.5 Å². The molecular formula is C22H24N6O3. The number of ether oxygens (including phenoxy) is 2. The summed E-state index contributed by atoms with van der Waals surface area (Å²) in [6.07, 6.45) is 2.14. The van der Waals surface area contributed by atoms with Crippen LogP contribution in [0.15, 0.2) is 30.3 Å². The molecule has 2 aliphatic rings. The molecule has 9 heteroatoms. The summed E-state index contributed by atoms with van der Waals surface area (Å²) in [5.74, 6) is 1.25. The monoisotopic (exact) mass is 420 g/mol. The Morgan fingerprint density at radius 3 is 2.81 bits per heavy atom. The quantitative estimate of drug-likeness (QED) is 0.659. The van der Waals surface area contributed by atoms with Crippen molar-refractivity contribution in [2.45, 2.75) is 18.4 Å². The molecule has 5 rings (SSSR count). The number of nitrogens with zero attached hydrogens (tertiary/aromatic N) is 4. The van der Waals surface area contributed by atoms with Crippen LogP contribution in [0.5, 0.6) is 5.75 Å². The Morgan fingerprint density at radius 1 is 1.23 bits per heavy atom. The van der Waals surface area contributed by atoms with Gasteiger partial charge in [0.1, 0.15) is 11.6 Å². The number of hydrogen-bond acceptors (Lipinski definition) is 8. The van der Waals surface area contributed by atoms with Crippen LogP contribution < -0.4 is 20.7 Å². The van der Waals surface area contributed by atoms with E-state index in [1.54, 1.807) is 19.2 Å². The molecule has 1 aromatic carbocycles. The fourth-order valence-corrected chi connectivity index (χ4v) is 3.96. The van der Waals surface area contributed by atoms with Crippen LogP contribution in [0.25, 0.3) is 22.3 Å². The molecule has 0 unspecified atom stereocenters. The molecule has 1 aliphatic heterocycles. The molecule has 3 heterocycles. The number of fused-ring (bicyclic) bond motifs is 1. The first-order valence-corrected chi connectivity index (χ1v) is 10.3. The minimum Gasteiger partial charge on any atom is -0.496 e. The lowest BCUT2D eigenvalue weighted by Gasteiger charge is -2.33. The second kappa shape index (κ2) is 7.35. The summed E-state index contributed by atoms with van der Waals surface area (Å²) in [7, 11) is 3.12. The molecule has 1 spiro atoms. The second-order valence-corrected chi connectivity index (χ2v) is 7.92. The van der Waals surface area contributed by atoms with Crippen molar-refractivity contribution in [2.24, 2.45) is 0 Å². The zero-order valence-electron chi connectivity index (χ0n) is 17.5. The predicted molar refractivity (Wildman–Crippen MR) is 117 cm³/mol. The zero-order chi connectivity index (χ0) is 21.6. The van der Waals surface area contributed by atoms with Gasteiger partial charge in [0, 0.05) is 25.7 Å². The Labute approximate surface area is 179 Å². The van der Waals surface area contributed by atoms with Gasteiger partial charge in [-0.25, -0.2) is 4.98 Å². The largest absolute Gasteiger partial charge is 0.496 e. The summed E-state index contributed by atoms with van der Waals surface area (Å²) in [5.41, 5.74) is 8.62.